The molecule has 0 saturated heterocycles. The summed E-state index contributed by atoms with van der Waals surface area (Å²) >= 11 is 0. The molecule has 1 aliphatic carbocycles. The molecule has 2 aliphatic heterocycles. The van der Waals surface area contributed by atoms with Crippen molar-refractivity contribution in [2.45, 2.75) is 38.5 Å². The number of allylic oxidation sites excluding steroid dienone is 5. The lowest BCUT2D eigenvalue weighted by atomic mass is 9.77. The van der Waals surface area contributed by atoms with Gasteiger partial charge in [0.15, 0.2) is 11.6 Å². The molecule has 2 heterocycles. The molecule has 210 valence electrons. The van der Waals surface area contributed by atoms with Crippen LogP contribution in [0.5, 0.6) is 0 Å². The topological polar surface area (TPSA) is 152 Å². The number of hydrogen-bond donors (Lipinski definition) is 3. The zero-order valence-electron chi connectivity index (χ0n) is 22.3. The maximum absolute atomic E-state index is 13.4. The van der Waals surface area contributed by atoms with E-state index in [1.54, 1.807) is 36.4 Å². The number of Topliss-reactive ketones (excluding diaryl/α,β-unsaturated/α-hetero) is 1. The molecule has 12 heteroatoms. The zero-order valence-corrected chi connectivity index (χ0v) is 23.9. The number of carbonyl (C=O) groups is 1. The summed E-state index contributed by atoms with van der Waals surface area (Å²) in [4.78, 5) is 14.8. The van der Waals surface area contributed by atoms with Gasteiger partial charge in [-0.3, -0.25) is 13.9 Å². The highest BCUT2D eigenvalue weighted by Gasteiger charge is 2.48. The van der Waals surface area contributed by atoms with Gasteiger partial charge in [-0.25, -0.2) is 0 Å². The zero-order chi connectivity index (χ0) is 29.4. The fourth-order valence-corrected chi connectivity index (χ4v) is 7.00. The summed E-state index contributed by atoms with van der Waals surface area (Å²) < 4.78 is 68.1. The second-order valence-corrected chi connectivity index (χ2v) is 14.0. The van der Waals surface area contributed by atoms with Crippen LogP contribution in [0.15, 0.2) is 83.3 Å². The van der Waals surface area contributed by atoms with E-state index in [0.717, 1.165) is 11.1 Å². The van der Waals surface area contributed by atoms with Gasteiger partial charge in [-0.1, -0.05) is 50.2 Å². The van der Waals surface area contributed by atoms with Crippen LogP contribution in [-0.4, -0.2) is 58.9 Å². The van der Waals surface area contributed by atoms with Crippen molar-refractivity contribution in [2.75, 3.05) is 16.7 Å². The minimum Gasteiger partial charge on any atom is -0.506 e. The number of benzene rings is 2. The first kappa shape index (κ1) is 28.0. The average molecular weight is 586 g/mol. The van der Waals surface area contributed by atoms with Gasteiger partial charge in [0.2, 0.25) is 11.5 Å². The normalized spacial score (nSPS) is 21.8. The number of aliphatic hydroxyl groups excluding tert-OH is 1. The van der Waals surface area contributed by atoms with E-state index in [1.165, 1.54) is 21.6 Å². The number of para-hydroxylation sites is 2. The Bertz CT molecular complexity index is 1830. The second-order valence-electron chi connectivity index (χ2n) is 11.1. The summed E-state index contributed by atoms with van der Waals surface area (Å²) in [6, 6.07) is 14.2. The highest BCUT2D eigenvalue weighted by Crippen LogP contribution is 2.49. The third kappa shape index (κ3) is 4.50. The van der Waals surface area contributed by atoms with Crippen molar-refractivity contribution in [3.8, 4) is 0 Å². The summed E-state index contributed by atoms with van der Waals surface area (Å²) in [6.07, 6.45) is 2.85. The number of fused-ring (bicyclic) bond motifs is 2. The van der Waals surface area contributed by atoms with Crippen LogP contribution in [-0.2, 0) is 35.9 Å². The highest BCUT2D eigenvalue weighted by atomic mass is 32.2. The second kappa shape index (κ2) is 8.96. The van der Waals surface area contributed by atoms with Crippen LogP contribution < -0.4 is 4.90 Å². The Morgan fingerprint density at radius 3 is 2.05 bits per heavy atom. The Morgan fingerprint density at radius 2 is 1.45 bits per heavy atom. The van der Waals surface area contributed by atoms with Crippen molar-refractivity contribution in [3.05, 3.63) is 94.4 Å². The van der Waals surface area contributed by atoms with E-state index in [0.29, 0.717) is 22.8 Å². The summed E-state index contributed by atoms with van der Waals surface area (Å²) in [5, 5.41) is 11.0. The molecule has 2 aromatic rings. The SMILES string of the molecule is CC1(C)C(/C=C2/C(=O)C(/C=C3/N(CS(=O)(=O)O)c4ccccc4C3(C)C)=C2O)=[N+](CS(=O)(=O)O)c2ccccc21. The molecule has 0 bridgehead atoms. The Morgan fingerprint density at radius 1 is 0.850 bits per heavy atom. The molecule has 0 saturated carbocycles. The Balaban J connectivity index is 1.63. The van der Waals surface area contributed by atoms with Gasteiger partial charge < -0.3 is 10.0 Å². The van der Waals surface area contributed by atoms with Gasteiger partial charge in [-0.2, -0.15) is 21.4 Å². The fourth-order valence-electron chi connectivity index (χ4n) is 5.79. The predicted molar refractivity (Wildman–Crippen MR) is 150 cm³/mol. The molecule has 0 fully saturated rings. The maximum Gasteiger partial charge on any atom is 0.326 e. The number of carbonyl (C=O) groups excluding carboxylic acids is 1. The van der Waals surface area contributed by atoms with E-state index < -0.39 is 48.6 Å². The molecular weight excluding hydrogens is 556 g/mol. The first-order chi connectivity index (χ1) is 18.4. The predicted octanol–water partition coefficient (Wildman–Crippen LogP) is 3.76. The molecular formula is C28H29N2O8S2+. The van der Waals surface area contributed by atoms with Gasteiger partial charge >= 0.3 is 10.1 Å². The lowest BCUT2D eigenvalue weighted by molar-refractivity contribution is -0.416. The molecule has 0 amide bonds. The van der Waals surface area contributed by atoms with Crippen molar-refractivity contribution < 1.29 is 40.4 Å². The third-order valence-corrected chi connectivity index (χ3v) is 8.91. The minimum absolute atomic E-state index is 0.0438. The van der Waals surface area contributed by atoms with Crippen LogP contribution in [0.4, 0.5) is 11.4 Å². The lowest BCUT2D eigenvalue weighted by Gasteiger charge is -2.28. The first-order valence-corrected chi connectivity index (χ1v) is 15.6. The van der Waals surface area contributed by atoms with Crippen molar-refractivity contribution >= 4 is 43.1 Å². The van der Waals surface area contributed by atoms with Gasteiger partial charge in [0.05, 0.1) is 16.6 Å². The van der Waals surface area contributed by atoms with E-state index >= 15 is 0 Å². The lowest BCUT2D eigenvalue weighted by Crippen LogP contribution is -2.33. The number of rotatable bonds is 6. The van der Waals surface area contributed by atoms with Crippen molar-refractivity contribution in [3.63, 3.8) is 0 Å². The molecule has 3 N–H and O–H groups in total. The van der Waals surface area contributed by atoms with Gasteiger partial charge in [0.1, 0.15) is 5.76 Å². The minimum atomic E-state index is -4.44. The van der Waals surface area contributed by atoms with E-state index in [1.807, 2.05) is 39.8 Å². The fraction of sp³-hybridized carbons (Fsp3) is 0.286. The van der Waals surface area contributed by atoms with Crippen LogP contribution in [0.2, 0.25) is 0 Å². The Kier molecular flexibility index (Phi) is 6.27. The average Bonchev–Trinajstić information content (AvgIpc) is 3.18. The Hall–Kier alpha value is -3.58. The summed E-state index contributed by atoms with van der Waals surface area (Å²) in [6.45, 7) is 7.39. The summed E-state index contributed by atoms with van der Waals surface area (Å²) in [5.74, 6) is -2.32. The number of aliphatic hydroxyl groups is 1. The first-order valence-electron chi connectivity index (χ1n) is 12.4. The molecule has 0 aromatic heterocycles. The summed E-state index contributed by atoms with van der Waals surface area (Å²) in [7, 11) is -8.88. The monoisotopic (exact) mass is 585 g/mol. The molecule has 0 atom stereocenters. The molecule has 2 aromatic carbocycles. The smallest absolute Gasteiger partial charge is 0.326 e. The Labute approximate surface area is 232 Å². The largest absolute Gasteiger partial charge is 0.506 e. The third-order valence-electron chi connectivity index (χ3n) is 7.74. The molecule has 5 rings (SSSR count). The maximum atomic E-state index is 13.4. The quantitative estimate of drug-likeness (QED) is 0.261. The van der Waals surface area contributed by atoms with Crippen molar-refractivity contribution in [1.29, 1.82) is 0 Å². The molecule has 3 aliphatic rings. The summed E-state index contributed by atoms with van der Waals surface area (Å²) in [5.41, 5.74) is 1.87. The van der Waals surface area contributed by atoms with E-state index in [4.69, 9.17) is 0 Å². The van der Waals surface area contributed by atoms with Crippen LogP contribution in [0.3, 0.4) is 0 Å². The van der Waals surface area contributed by atoms with Crippen LogP contribution in [0.25, 0.3) is 0 Å². The highest BCUT2D eigenvalue weighted by molar-refractivity contribution is 7.86. The van der Waals surface area contributed by atoms with Gasteiger partial charge in [0, 0.05) is 34.5 Å². The number of anilines is 1. The van der Waals surface area contributed by atoms with E-state index in [-0.39, 0.29) is 16.9 Å². The molecule has 10 nitrogen and oxygen atoms in total. The van der Waals surface area contributed by atoms with Gasteiger partial charge in [-0.15, -0.1) is 0 Å². The molecule has 0 unspecified atom stereocenters. The standard InChI is InChI=1S/C28H28N2O8S2/c1-27(2)19-9-5-7-11-21(19)29(15-39(33,34)35)23(27)13-17-25(31)18(26(17)32)14-24-28(3,4)20-10-6-8-12-22(20)30(24)16-40(36,37)38/h5-14H,15-16H2,1-4H3,(H2-,31,32,33,34,35,36,37,38)/p+1. The van der Waals surface area contributed by atoms with Crippen LogP contribution >= 0.6 is 0 Å². The van der Waals surface area contributed by atoms with Crippen molar-refractivity contribution in [2.24, 2.45) is 0 Å². The van der Waals surface area contributed by atoms with Crippen LogP contribution in [0.1, 0.15) is 38.8 Å². The van der Waals surface area contributed by atoms with Crippen LogP contribution in [0, 0.1) is 0 Å². The van der Waals surface area contributed by atoms with Gasteiger partial charge in [-0.05, 0) is 31.6 Å². The van der Waals surface area contributed by atoms with Crippen molar-refractivity contribution in [1.82, 2.24) is 0 Å². The number of ketones is 1. The number of nitrogens with zero attached hydrogens (tertiary/aromatic N) is 2. The van der Waals surface area contributed by atoms with Gasteiger partial charge in [0.25, 0.3) is 16.0 Å². The number of hydrogen-bond acceptors (Lipinski definition) is 7. The molecule has 0 spiro atoms. The van der Waals surface area contributed by atoms with E-state index in [9.17, 15) is 35.8 Å². The molecule has 0 radical (unpaired) electrons. The molecule has 40 heavy (non-hydrogen) atoms. The van der Waals surface area contributed by atoms with E-state index in [2.05, 4.69) is 0 Å².